The summed E-state index contributed by atoms with van der Waals surface area (Å²) in [5.41, 5.74) is 3.34. The Labute approximate surface area is 209 Å². The minimum absolute atomic E-state index is 0.0208. The van der Waals surface area contributed by atoms with Crippen LogP contribution >= 0.6 is 11.3 Å². The Morgan fingerprint density at radius 1 is 1.11 bits per heavy atom. The monoisotopic (exact) mass is 492 g/mol. The van der Waals surface area contributed by atoms with Gasteiger partial charge in [0, 0.05) is 24.6 Å². The maximum atomic E-state index is 14.5. The number of hydrogen-bond acceptors (Lipinski definition) is 4. The molecule has 3 heterocycles. The molecule has 0 bridgehead atoms. The third kappa shape index (κ3) is 4.88. The highest BCUT2D eigenvalue weighted by Gasteiger charge is 2.35. The summed E-state index contributed by atoms with van der Waals surface area (Å²) < 4.78 is 20.2. The summed E-state index contributed by atoms with van der Waals surface area (Å²) in [6.07, 6.45) is 2.38. The predicted octanol–water partition coefficient (Wildman–Crippen LogP) is 4.99. The number of aryl methyl sites for hydroxylation is 1. The van der Waals surface area contributed by atoms with Gasteiger partial charge in [0.1, 0.15) is 12.4 Å². The van der Waals surface area contributed by atoms with Gasteiger partial charge in [-0.05, 0) is 66.5 Å². The van der Waals surface area contributed by atoms with Crippen molar-refractivity contribution in [3.63, 3.8) is 0 Å². The maximum absolute atomic E-state index is 14.5. The van der Waals surface area contributed by atoms with Crippen LogP contribution in [-0.4, -0.2) is 54.0 Å². The number of thiophene rings is 1. The van der Waals surface area contributed by atoms with E-state index in [0.29, 0.717) is 13.2 Å². The normalized spacial score (nSPS) is 19.4. The molecule has 1 saturated heterocycles. The van der Waals surface area contributed by atoms with Crippen molar-refractivity contribution >= 4 is 23.2 Å². The molecule has 1 fully saturated rings. The molecule has 2 aliphatic heterocycles. The van der Waals surface area contributed by atoms with Gasteiger partial charge < -0.3 is 14.5 Å². The van der Waals surface area contributed by atoms with E-state index in [2.05, 4.69) is 30.5 Å². The number of carbonyl (C=O) groups is 2. The molecule has 0 spiro atoms. The first-order chi connectivity index (χ1) is 17.0. The molecule has 2 aromatic carbocycles. The lowest BCUT2D eigenvalue weighted by atomic mass is 9.90. The van der Waals surface area contributed by atoms with Gasteiger partial charge >= 0.3 is 0 Å². The van der Waals surface area contributed by atoms with Crippen molar-refractivity contribution < 1.29 is 18.7 Å². The average molecular weight is 493 g/mol. The Hall–Kier alpha value is -3.03. The number of rotatable bonds is 6. The first-order valence-corrected chi connectivity index (χ1v) is 13.0. The fraction of sp³-hybridized carbons (Fsp3) is 0.357. The highest BCUT2D eigenvalue weighted by atomic mass is 32.1. The van der Waals surface area contributed by atoms with Gasteiger partial charge in [-0.25, -0.2) is 4.39 Å². The van der Waals surface area contributed by atoms with Gasteiger partial charge in [-0.2, -0.15) is 0 Å². The molecule has 2 aliphatic rings. The molecule has 2 unspecified atom stereocenters. The lowest BCUT2D eigenvalue weighted by Crippen LogP contribution is -2.48. The molecule has 3 aromatic rings. The lowest BCUT2D eigenvalue weighted by molar-refractivity contribution is -0.134. The topological polar surface area (TPSA) is 49.9 Å². The van der Waals surface area contributed by atoms with Crippen LogP contribution < -0.4 is 0 Å². The summed E-state index contributed by atoms with van der Waals surface area (Å²) in [4.78, 5) is 31.9. The van der Waals surface area contributed by atoms with Gasteiger partial charge in [0.05, 0.1) is 17.7 Å². The van der Waals surface area contributed by atoms with E-state index in [9.17, 15) is 14.0 Å². The quantitative estimate of drug-likeness (QED) is 0.487. The molecule has 1 aromatic heterocycles. The van der Waals surface area contributed by atoms with Crippen LogP contribution in [0.5, 0.6) is 0 Å². The Balaban J connectivity index is 1.45. The zero-order chi connectivity index (χ0) is 24.4. The first-order valence-electron chi connectivity index (χ1n) is 12.1. The van der Waals surface area contributed by atoms with Crippen molar-refractivity contribution in [2.45, 2.75) is 38.3 Å². The average Bonchev–Trinajstić information content (AvgIpc) is 3.55. The van der Waals surface area contributed by atoms with Crippen LogP contribution in [0.2, 0.25) is 0 Å². The van der Waals surface area contributed by atoms with Gasteiger partial charge in [-0.1, -0.05) is 36.4 Å². The fourth-order valence-corrected chi connectivity index (χ4v) is 6.03. The van der Waals surface area contributed by atoms with E-state index in [-0.39, 0.29) is 36.7 Å². The summed E-state index contributed by atoms with van der Waals surface area (Å²) in [5.74, 6) is -1.20. The number of nitrogens with zero attached hydrogens (tertiary/aromatic N) is 2. The highest BCUT2D eigenvalue weighted by Crippen LogP contribution is 2.39. The molecule has 0 saturated carbocycles. The van der Waals surface area contributed by atoms with Gasteiger partial charge in [0.2, 0.25) is 5.91 Å². The second kappa shape index (κ2) is 10.3. The number of amides is 2. The molecule has 7 heteroatoms. The highest BCUT2D eigenvalue weighted by molar-refractivity contribution is 7.10. The second-order valence-electron chi connectivity index (χ2n) is 9.20. The molecule has 5 nitrogen and oxygen atoms in total. The number of fused-ring (bicyclic) bond motifs is 1. The Morgan fingerprint density at radius 3 is 2.69 bits per heavy atom. The van der Waals surface area contributed by atoms with Crippen molar-refractivity contribution in [1.82, 2.24) is 9.80 Å². The van der Waals surface area contributed by atoms with Crippen molar-refractivity contribution in [3.05, 3.63) is 92.9 Å². The summed E-state index contributed by atoms with van der Waals surface area (Å²) in [6.45, 7) is 3.43. The molecule has 0 radical (unpaired) electrons. The standard InChI is InChI=1S/C28H29FN2O3S/c1-19-7-2-3-9-21(19)27-23-13-16-35-25(23)12-14-31(27)26(32)18-30(17-20-8-6-15-34-20)28(33)22-10-4-5-11-24(22)29/h2-5,7,9-11,13,16,20,27H,6,8,12,14-15,17-18H2,1H3. The van der Waals surface area contributed by atoms with Gasteiger partial charge in [-0.15, -0.1) is 11.3 Å². The van der Waals surface area contributed by atoms with E-state index in [0.717, 1.165) is 36.0 Å². The van der Waals surface area contributed by atoms with Crippen LogP contribution in [-0.2, 0) is 16.0 Å². The molecule has 2 amide bonds. The number of carbonyl (C=O) groups excluding carboxylic acids is 2. The van der Waals surface area contributed by atoms with E-state index < -0.39 is 11.7 Å². The molecular formula is C28H29FN2O3S. The molecular weight excluding hydrogens is 463 g/mol. The number of ether oxygens (including phenoxy) is 1. The minimum Gasteiger partial charge on any atom is -0.376 e. The van der Waals surface area contributed by atoms with Gasteiger partial charge in [-0.3, -0.25) is 9.59 Å². The van der Waals surface area contributed by atoms with Crippen LogP contribution in [0.25, 0.3) is 0 Å². The van der Waals surface area contributed by atoms with E-state index in [1.54, 1.807) is 23.5 Å². The zero-order valence-corrected chi connectivity index (χ0v) is 20.6. The van der Waals surface area contributed by atoms with E-state index in [4.69, 9.17) is 4.74 Å². The van der Waals surface area contributed by atoms with Crippen LogP contribution in [0.15, 0.2) is 60.0 Å². The first kappa shape index (κ1) is 23.7. The molecule has 182 valence electrons. The number of halogens is 1. The lowest BCUT2D eigenvalue weighted by Gasteiger charge is -2.38. The molecule has 5 rings (SSSR count). The number of hydrogen-bond donors (Lipinski definition) is 0. The third-order valence-electron chi connectivity index (χ3n) is 6.93. The largest absolute Gasteiger partial charge is 0.376 e. The smallest absolute Gasteiger partial charge is 0.257 e. The van der Waals surface area contributed by atoms with Gasteiger partial charge in [0.25, 0.3) is 5.91 Å². The number of benzene rings is 2. The molecule has 0 N–H and O–H groups in total. The zero-order valence-electron chi connectivity index (χ0n) is 19.8. The van der Waals surface area contributed by atoms with Gasteiger partial charge in [0.15, 0.2) is 0 Å². The summed E-state index contributed by atoms with van der Waals surface area (Å²) in [5, 5.41) is 2.08. The van der Waals surface area contributed by atoms with Crippen molar-refractivity contribution in [1.29, 1.82) is 0 Å². The SMILES string of the molecule is Cc1ccccc1C1c2ccsc2CCN1C(=O)CN(CC1CCCO1)C(=O)c1ccccc1F. The van der Waals surface area contributed by atoms with Crippen molar-refractivity contribution in [3.8, 4) is 0 Å². The van der Waals surface area contributed by atoms with E-state index in [1.807, 2.05) is 17.0 Å². The molecule has 2 atom stereocenters. The fourth-order valence-electron chi connectivity index (χ4n) is 5.13. The predicted molar refractivity (Wildman–Crippen MR) is 134 cm³/mol. The molecule has 35 heavy (non-hydrogen) atoms. The van der Waals surface area contributed by atoms with Crippen molar-refractivity contribution in [2.75, 3.05) is 26.2 Å². The summed E-state index contributed by atoms with van der Waals surface area (Å²) >= 11 is 1.72. The minimum atomic E-state index is -0.582. The Morgan fingerprint density at radius 2 is 1.91 bits per heavy atom. The van der Waals surface area contributed by atoms with Crippen LogP contribution in [0.1, 0.15) is 50.8 Å². The van der Waals surface area contributed by atoms with Crippen LogP contribution in [0.4, 0.5) is 4.39 Å². The van der Waals surface area contributed by atoms with E-state index in [1.165, 1.54) is 21.9 Å². The summed E-state index contributed by atoms with van der Waals surface area (Å²) in [7, 11) is 0. The summed E-state index contributed by atoms with van der Waals surface area (Å²) in [6, 6.07) is 16.0. The molecule has 0 aliphatic carbocycles. The van der Waals surface area contributed by atoms with E-state index >= 15 is 0 Å². The second-order valence-corrected chi connectivity index (χ2v) is 10.2. The van der Waals surface area contributed by atoms with Crippen molar-refractivity contribution in [2.24, 2.45) is 0 Å². The Bertz CT molecular complexity index is 1220. The van der Waals surface area contributed by atoms with Crippen LogP contribution in [0, 0.1) is 12.7 Å². The third-order valence-corrected chi connectivity index (χ3v) is 7.93. The maximum Gasteiger partial charge on any atom is 0.257 e. The Kier molecular flexibility index (Phi) is 6.97. The van der Waals surface area contributed by atoms with Crippen LogP contribution in [0.3, 0.4) is 0 Å².